The fourth-order valence-corrected chi connectivity index (χ4v) is 2.95. The second-order valence-corrected chi connectivity index (χ2v) is 6.06. The van der Waals surface area contributed by atoms with E-state index in [-0.39, 0.29) is 0 Å². The van der Waals surface area contributed by atoms with E-state index >= 15 is 0 Å². The van der Waals surface area contributed by atoms with Crippen molar-refractivity contribution in [3.8, 4) is 5.75 Å². The third-order valence-electron chi connectivity index (χ3n) is 4.36. The summed E-state index contributed by atoms with van der Waals surface area (Å²) in [6.07, 6.45) is 8.00. The van der Waals surface area contributed by atoms with Gasteiger partial charge in [0.25, 0.3) is 0 Å². The second-order valence-electron chi connectivity index (χ2n) is 6.06. The SMILES string of the molecule is COc1cc(CNC2CC2)ccc1N1CCCCCC1. The summed E-state index contributed by atoms with van der Waals surface area (Å²) in [6.45, 7) is 3.29. The largest absolute Gasteiger partial charge is 0.495 e. The molecule has 1 saturated carbocycles. The number of ether oxygens (including phenoxy) is 1. The second kappa shape index (κ2) is 6.49. The Hall–Kier alpha value is -1.22. The van der Waals surface area contributed by atoms with Gasteiger partial charge < -0.3 is 15.0 Å². The zero-order valence-electron chi connectivity index (χ0n) is 12.5. The molecule has 3 nitrogen and oxygen atoms in total. The molecule has 0 spiro atoms. The van der Waals surface area contributed by atoms with Crippen LogP contribution in [0.4, 0.5) is 5.69 Å². The standard InChI is InChI=1S/C17H26N2O/c1-20-17-12-14(13-18-15-7-8-15)6-9-16(17)19-10-4-2-3-5-11-19/h6,9,12,15,18H,2-5,7-8,10-11,13H2,1H3. The molecule has 2 fully saturated rings. The van der Waals surface area contributed by atoms with E-state index in [0.717, 1.165) is 31.4 Å². The molecular weight excluding hydrogens is 248 g/mol. The predicted molar refractivity (Wildman–Crippen MR) is 83.5 cm³/mol. The van der Waals surface area contributed by atoms with Crippen LogP contribution in [0.25, 0.3) is 0 Å². The minimum atomic E-state index is 0.756. The Labute approximate surface area is 122 Å². The highest BCUT2D eigenvalue weighted by atomic mass is 16.5. The van der Waals surface area contributed by atoms with Crippen LogP contribution in [0, 0.1) is 0 Å². The van der Waals surface area contributed by atoms with Crippen molar-refractivity contribution in [2.45, 2.75) is 51.1 Å². The first kappa shape index (κ1) is 13.7. The molecule has 0 amide bonds. The molecule has 1 aromatic carbocycles. The minimum Gasteiger partial charge on any atom is -0.495 e. The first-order valence-electron chi connectivity index (χ1n) is 8.02. The third-order valence-corrected chi connectivity index (χ3v) is 4.36. The summed E-state index contributed by atoms with van der Waals surface area (Å²) < 4.78 is 5.63. The Morgan fingerprint density at radius 1 is 1.15 bits per heavy atom. The van der Waals surface area contributed by atoms with Crippen LogP contribution >= 0.6 is 0 Å². The topological polar surface area (TPSA) is 24.5 Å². The Balaban J connectivity index is 1.71. The maximum absolute atomic E-state index is 5.63. The van der Waals surface area contributed by atoms with Gasteiger partial charge in [0, 0.05) is 25.7 Å². The summed E-state index contributed by atoms with van der Waals surface area (Å²) in [4.78, 5) is 2.49. The van der Waals surface area contributed by atoms with Crippen LogP contribution < -0.4 is 15.0 Å². The molecule has 0 bridgehead atoms. The minimum absolute atomic E-state index is 0.756. The fraction of sp³-hybridized carbons (Fsp3) is 0.647. The first-order chi connectivity index (χ1) is 9.86. The van der Waals surface area contributed by atoms with Gasteiger partial charge >= 0.3 is 0 Å². The maximum atomic E-state index is 5.63. The Morgan fingerprint density at radius 2 is 1.90 bits per heavy atom. The number of rotatable bonds is 5. The number of hydrogen-bond acceptors (Lipinski definition) is 3. The van der Waals surface area contributed by atoms with Gasteiger partial charge in [-0.3, -0.25) is 0 Å². The lowest BCUT2D eigenvalue weighted by Gasteiger charge is -2.25. The molecule has 0 unspecified atom stereocenters. The van der Waals surface area contributed by atoms with E-state index in [4.69, 9.17) is 4.74 Å². The van der Waals surface area contributed by atoms with Crippen LogP contribution in [0.3, 0.4) is 0 Å². The van der Waals surface area contributed by atoms with E-state index in [0.29, 0.717) is 0 Å². The lowest BCUT2D eigenvalue weighted by Crippen LogP contribution is -2.24. The summed E-state index contributed by atoms with van der Waals surface area (Å²) in [5, 5.41) is 3.56. The highest BCUT2D eigenvalue weighted by molar-refractivity contribution is 5.60. The molecule has 3 heteroatoms. The summed E-state index contributed by atoms with van der Waals surface area (Å²) >= 11 is 0. The van der Waals surface area contributed by atoms with Crippen LogP contribution in [0.1, 0.15) is 44.1 Å². The molecule has 1 aromatic rings. The normalized spacial score (nSPS) is 19.8. The van der Waals surface area contributed by atoms with Crippen molar-refractivity contribution in [1.29, 1.82) is 0 Å². The van der Waals surface area contributed by atoms with Gasteiger partial charge in [-0.15, -0.1) is 0 Å². The van der Waals surface area contributed by atoms with Crippen molar-refractivity contribution >= 4 is 5.69 Å². The molecule has 1 aliphatic carbocycles. The van der Waals surface area contributed by atoms with E-state index in [1.165, 1.54) is 49.8 Å². The maximum Gasteiger partial charge on any atom is 0.142 e. The number of nitrogens with zero attached hydrogens (tertiary/aromatic N) is 1. The average Bonchev–Trinajstić information content (AvgIpc) is 3.31. The Bertz CT molecular complexity index is 435. The van der Waals surface area contributed by atoms with Crippen molar-refractivity contribution in [2.75, 3.05) is 25.1 Å². The van der Waals surface area contributed by atoms with E-state index in [9.17, 15) is 0 Å². The lowest BCUT2D eigenvalue weighted by atomic mass is 10.1. The molecule has 110 valence electrons. The van der Waals surface area contributed by atoms with Gasteiger partial charge in [0.1, 0.15) is 5.75 Å². The van der Waals surface area contributed by atoms with Crippen LogP contribution in [-0.4, -0.2) is 26.2 Å². The molecule has 3 rings (SSSR count). The average molecular weight is 274 g/mol. The van der Waals surface area contributed by atoms with Crippen molar-refractivity contribution < 1.29 is 4.74 Å². The number of nitrogens with one attached hydrogen (secondary N) is 1. The zero-order chi connectivity index (χ0) is 13.8. The summed E-state index contributed by atoms with van der Waals surface area (Å²) in [5.74, 6) is 1.03. The van der Waals surface area contributed by atoms with Gasteiger partial charge in [-0.2, -0.15) is 0 Å². The van der Waals surface area contributed by atoms with Gasteiger partial charge in [0.05, 0.1) is 12.8 Å². The highest BCUT2D eigenvalue weighted by Gasteiger charge is 2.20. The van der Waals surface area contributed by atoms with Crippen LogP contribution in [-0.2, 0) is 6.54 Å². The first-order valence-corrected chi connectivity index (χ1v) is 8.02. The number of benzene rings is 1. The molecule has 2 aliphatic rings. The summed E-state index contributed by atoms with van der Waals surface area (Å²) in [7, 11) is 1.79. The van der Waals surface area contributed by atoms with E-state index in [2.05, 4.69) is 28.4 Å². The van der Waals surface area contributed by atoms with E-state index < -0.39 is 0 Å². The van der Waals surface area contributed by atoms with Crippen LogP contribution in [0.5, 0.6) is 5.75 Å². The van der Waals surface area contributed by atoms with Gasteiger partial charge in [0.15, 0.2) is 0 Å². The lowest BCUT2D eigenvalue weighted by molar-refractivity contribution is 0.413. The fourth-order valence-electron chi connectivity index (χ4n) is 2.95. The van der Waals surface area contributed by atoms with Gasteiger partial charge in [0.2, 0.25) is 0 Å². The van der Waals surface area contributed by atoms with E-state index in [1.54, 1.807) is 7.11 Å². The van der Waals surface area contributed by atoms with Crippen molar-refractivity contribution in [2.24, 2.45) is 0 Å². The number of methoxy groups -OCH3 is 1. The molecule has 0 radical (unpaired) electrons. The zero-order valence-corrected chi connectivity index (χ0v) is 12.5. The summed E-state index contributed by atoms with van der Waals surface area (Å²) in [5.41, 5.74) is 2.59. The molecule has 0 atom stereocenters. The highest BCUT2D eigenvalue weighted by Crippen LogP contribution is 2.31. The van der Waals surface area contributed by atoms with Crippen molar-refractivity contribution in [1.82, 2.24) is 5.32 Å². The van der Waals surface area contributed by atoms with E-state index in [1.807, 2.05) is 0 Å². The molecule has 1 aliphatic heterocycles. The molecule has 1 saturated heterocycles. The van der Waals surface area contributed by atoms with Crippen LogP contribution in [0.2, 0.25) is 0 Å². The van der Waals surface area contributed by atoms with Gasteiger partial charge in [-0.1, -0.05) is 18.9 Å². The third kappa shape index (κ3) is 3.45. The predicted octanol–water partition coefficient (Wildman–Crippen LogP) is 3.33. The molecule has 1 N–H and O–H groups in total. The Morgan fingerprint density at radius 3 is 2.55 bits per heavy atom. The quantitative estimate of drug-likeness (QED) is 0.891. The molecule has 1 heterocycles. The Kier molecular flexibility index (Phi) is 4.46. The monoisotopic (exact) mass is 274 g/mol. The van der Waals surface area contributed by atoms with Gasteiger partial charge in [-0.05, 0) is 43.4 Å². The molecule has 0 aromatic heterocycles. The van der Waals surface area contributed by atoms with Crippen molar-refractivity contribution in [3.63, 3.8) is 0 Å². The van der Waals surface area contributed by atoms with Crippen LogP contribution in [0.15, 0.2) is 18.2 Å². The van der Waals surface area contributed by atoms with Gasteiger partial charge in [-0.25, -0.2) is 0 Å². The number of hydrogen-bond donors (Lipinski definition) is 1. The summed E-state index contributed by atoms with van der Waals surface area (Å²) in [6, 6.07) is 7.45. The molecular formula is C17H26N2O. The van der Waals surface area contributed by atoms with Crippen molar-refractivity contribution in [3.05, 3.63) is 23.8 Å². The number of anilines is 1. The smallest absolute Gasteiger partial charge is 0.142 e. The molecule has 20 heavy (non-hydrogen) atoms.